The van der Waals surface area contributed by atoms with Gasteiger partial charge >= 0.3 is 6.03 Å². The number of carbonyl (C=O) groups is 1. The Morgan fingerprint density at radius 2 is 2.16 bits per heavy atom. The van der Waals surface area contributed by atoms with Crippen molar-refractivity contribution in [3.63, 3.8) is 0 Å². The summed E-state index contributed by atoms with van der Waals surface area (Å²) < 4.78 is 11.1. The highest BCUT2D eigenvalue weighted by molar-refractivity contribution is 5.74. The molecule has 25 heavy (non-hydrogen) atoms. The number of hydrogen-bond acceptors (Lipinski definition) is 4. The van der Waals surface area contributed by atoms with Gasteiger partial charge in [0.2, 0.25) is 0 Å². The number of morpholine rings is 1. The first-order valence-electron chi connectivity index (χ1n) is 8.75. The van der Waals surface area contributed by atoms with E-state index in [0.29, 0.717) is 37.9 Å². The molecule has 0 spiro atoms. The molecule has 2 aromatic rings. The molecular formula is C19H25N3O3. The topological polar surface area (TPSA) is 67.6 Å². The number of rotatable bonds is 5. The summed E-state index contributed by atoms with van der Waals surface area (Å²) in [6.07, 6.45) is 0.838. The highest BCUT2D eigenvalue weighted by Gasteiger charge is 2.24. The van der Waals surface area contributed by atoms with Crippen LogP contribution in [0.25, 0.3) is 0 Å². The third-order valence-electron chi connectivity index (χ3n) is 4.31. The van der Waals surface area contributed by atoms with Crippen molar-refractivity contribution < 1.29 is 14.1 Å². The third-order valence-corrected chi connectivity index (χ3v) is 4.31. The lowest BCUT2D eigenvalue weighted by Gasteiger charge is -2.33. The van der Waals surface area contributed by atoms with Gasteiger partial charge in [-0.1, -0.05) is 49.3 Å². The van der Waals surface area contributed by atoms with Crippen LogP contribution in [0.15, 0.2) is 40.9 Å². The molecule has 6 nitrogen and oxygen atoms in total. The molecule has 134 valence electrons. The molecule has 0 unspecified atom stereocenters. The van der Waals surface area contributed by atoms with Gasteiger partial charge in [0.15, 0.2) is 5.76 Å². The van der Waals surface area contributed by atoms with Crippen LogP contribution in [0.4, 0.5) is 4.79 Å². The highest BCUT2D eigenvalue weighted by Crippen LogP contribution is 2.15. The molecule has 3 rings (SSSR count). The molecule has 1 aromatic carbocycles. The van der Waals surface area contributed by atoms with Gasteiger partial charge in [-0.25, -0.2) is 4.79 Å². The molecule has 1 fully saturated rings. The van der Waals surface area contributed by atoms with Gasteiger partial charge in [0.05, 0.1) is 24.9 Å². The van der Waals surface area contributed by atoms with E-state index < -0.39 is 0 Å². The number of benzene rings is 1. The van der Waals surface area contributed by atoms with Gasteiger partial charge in [0.1, 0.15) is 0 Å². The van der Waals surface area contributed by atoms with Gasteiger partial charge in [-0.2, -0.15) is 0 Å². The Hall–Kier alpha value is -2.34. The molecule has 1 saturated heterocycles. The van der Waals surface area contributed by atoms with E-state index in [0.717, 1.165) is 12.1 Å². The molecule has 1 aliphatic heterocycles. The lowest BCUT2D eigenvalue weighted by Crippen LogP contribution is -2.50. The van der Waals surface area contributed by atoms with Crippen molar-refractivity contribution in [1.82, 2.24) is 15.4 Å². The van der Waals surface area contributed by atoms with Crippen molar-refractivity contribution in [2.45, 2.75) is 38.8 Å². The van der Waals surface area contributed by atoms with Crippen molar-refractivity contribution in [1.29, 1.82) is 0 Å². The molecule has 0 saturated carbocycles. The van der Waals surface area contributed by atoms with Crippen molar-refractivity contribution in [2.24, 2.45) is 0 Å². The summed E-state index contributed by atoms with van der Waals surface area (Å²) in [5.41, 5.74) is 2.12. The monoisotopic (exact) mass is 343 g/mol. The largest absolute Gasteiger partial charge is 0.374 e. The van der Waals surface area contributed by atoms with Crippen LogP contribution in [-0.2, 0) is 17.7 Å². The molecule has 1 atom stereocenters. The van der Waals surface area contributed by atoms with Crippen molar-refractivity contribution in [2.75, 3.05) is 19.7 Å². The molecule has 0 bridgehead atoms. The number of ether oxygens (including phenoxy) is 1. The zero-order valence-corrected chi connectivity index (χ0v) is 14.8. The summed E-state index contributed by atoms with van der Waals surface area (Å²) in [5, 5.41) is 6.91. The van der Waals surface area contributed by atoms with Crippen molar-refractivity contribution in [3.8, 4) is 0 Å². The van der Waals surface area contributed by atoms with Gasteiger partial charge in [0.25, 0.3) is 0 Å². The summed E-state index contributed by atoms with van der Waals surface area (Å²) in [4.78, 5) is 14.2. The SMILES string of the molecule is CC(C)c1cc(CNC(=O)N2CCO[C@@H](Cc3ccccc3)C2)on1. The Balaban J connectivity index is 1.49. The van der Waals surface area contributed by atoms with Gasteiger partial charge in [-0.15, -0.1) is 0 Å². The molecule has 1 aliphatic rings. The van der Waals surface area contributed by atoms with E-state index in [1.54, 1.807) is 4.90 Å². The fraction of sp³-hybridized carbons (Fsp3) is 0.474. The minimum Gasteiger partial charge on any atom is -0.374 e. The van der Waals surface area contributed by atoms with Crippen molar-refractivity contribution >= 4 is 6.03 Å². The average Bonchev–Trinajstić information content (AvgIpc) is 3.10. The Bertz CT molecular complexity index is 684. The van der Waals surface area contributed by atoms with Gasteiger partial charge in [0, 0.05) is 25.6 Å². The second kappa shape index (κ2) is 8.16. The molecular weight excluding hydrogens is 318 g/mol. The van der Waals surface area contributed by atoms with Gasteiger partial charge < -0.3 is 19.5 Å². The Labute approximate surface area is 148 Å². The van der Waals surface area contributed by atoms with Crippen LogP contribution in [0, 0.1) is 0 Å². The second-order valence-corrected chi connectivity index (χ2v) is 6.66. The van der Waals surface area contributed by atoms with Crippen LogP contribution in [0.5, 0.6) is 0 Å². The summed E-state index contributed by atoms with van der Waals surface area (Å²) in [6.45, 7) is 6.21. The predicted molar refractivity (Wildman–Crippen MR) is 94.3 cm³/mol. The van der Waals surface area contributed by atoms with Crippen LogP contribution in [0.1, 0.15) is 36.8 Å². The Morgan fingerprint density at radius 1 is 1.36 bits per heavy atom. The van der Waals surface area contributed by atoms with E-state index in [4.69, 9.17) is 9.26 Å². The number of nitrogens with zero attached hydrogens (tertiary/aromatic N) is 2. The summed E-state index contributed by atoms with van der Waals surface area (Å²) in [5.74, 6) is 0.984. The minimum absolute atomic E-state index is 0.0275. The number of carbonyl (C=O) groups excluding carboxylic acids is 1. The van der Waals surface area contributed by atoms with Crippen LogP contribution in [-0.4, -0.2) is 41.9 Å². The summed E-state index contributed by atoms with van der Waals surface area (Å²) >= 11 is 0. The van der Waals surface area contributed by atoms with Crippen LogP contribution in [0.3, 0.4) is 0 Å². The Kier molecular flexibility index (Phi) is 5.71. The van der Waals surface area contributed by atoms with E-state index in [1.165, 1.54) is 5.56 Å². The molecule has 2 heterocycles. The summed E-state index contributed by atoms with van der Waals surface area (Å²) in [7, 11) is 0. The predicted octanol–water partition coefficient (Wildman–Crippen LogP) is 2.95. The van der Waals surface area contributed by atoms with E-state index in [1.807, 2.05) is 24.3 Å². The highest BCUT2D eigenvalue weighted by atomic mass is 16.5. The number of nitrogens with one attached hydrogen (secondary N) is 1. The lowest BCUT2D eigenvalue weighted by molar-refractivity contribution is -0.0133. The zero-order chi connectivity index (χ0) is 17.6. The van der Waals surface area contributed by atoms with Crippen molar-refractivity contribution in [3.05, 3.63) is 53.4 Å². The average molecular weight is 343 g/mol. The zero-order valence-electron chi connectivity index (χ0n) is 14.8. The van der Waals surface area contributed by atoms with Gasteiger partial charge in [-0.05, 0) is 11.5 Å². The second-order valence-electron chi connectivity index (χ2n) is 6.66. The van der Waals surface area contributed by atoms with Crippen LogP contribution >= 0.6 is 0 Å². The van der Waals surface area contributed by atoms with Crippen LogP contribution in [0.2, 0.25) is 0 Å². The van der Waals surface area contributed by atoms with E-state index in [-0.39, 0.29) is 12.1 Å². The maximum atomic E-state index is 12.4. The summed E-state index contributed by atoms with van der Waals surface area (Å²) in [6, 6.07) is 12.0. The molecule has 1 N–H and O–H groups in total. The number of urea groups is 1. The first kappa shape index (κ1) is 17.5. The molecule has 2 amide bonds. The number of aromatic nitrogens is 1. The third kappa shape index (κ3) is 4.82. The van der Waals surface area contributed by atoms with E-state index in [9.17, 15) is 4.79 Å². The normalized spacial score (nSPS) is 17.7. The maximum absolute atomic E-state index is 12.4. The standard InChI is InChI=1S/C19H25N3O3/c1-14(2)18-11-16(25-21-18)12-20-19(23)22-8-9-24-17(13-22)10-15-6-4-3-5-7-15/h3-7,11,14,17H,8-10,12-13H2,1-2H3,(H,20,23)/t17-/m0/s1. The maximum Gasteiger partial charge on any atom is 0.317 e. The Morgan fingerprint density at radius 3 is 2.88 bits per heavy atom. The fourth-order valence-corrected chi connectivity index (χ4v) is 2.86. The molecule has 0 aliphatic carbocycles. The number of hydrogen-bond donors (Lipinski definition) is 1. The fourth-order valence-electron chi connectivity index (χ4n) is 2.86. The van der Waals surface area contributed by atoms with Gasteiger partial charge in [-0.3, -0.25) is 0 Å². The molecule has 1 aromatic heterocycles. The lowest BCUT2D eigenvalue weighted by atomic mass is 10.1. The first-order valence-corrected chi connectivity index (χ1v) is 8.75. The molecule has 0 radical (unpaired) electrons. The smallest absolute Gasteiger partial charge is 0.317 e. The van der Waals surface area contributed by atoms with E-state index in [2.05, 4.69) is 36.5 Å². The quantitative estimate of drug-likeness (QED) is 0.906. The van der Waals surface area contributed by atoms with E-state index >= 15 is 0 Å². The molecule has 6 heteroatoms. The first-order chi connectivity index (χ1) is 12.1. The minimum atomic E-state index is -0.0936. The number of amides is 2. The van der Waals surface area contributed by atoms with Crippen LogP contribution < -0.4 is 5.32 Å².